The molecule has 144 valence electrons. The predicted molar refractivity (Wildman–Crippen MR) is 105 cm³/mol. The summed E-state index contributed by atoms with van der Waals surface area (Å²) in [6.45, 7) is 0. The topological polar surface area (TPSA) is 107 Å². The molecule has 0 spiro atoms. The van der Waals surface area contributed by atoms with Crippen molar-refractivity contribution in [3.8, 4) is 11.5 Å². The normalized spacial score (nSPS) is 13.4. The molecule has 0 bridgehead atoms. The minimum absolute atomic E-state index is 0.0153. The highest BCUT2D eigenvalue weighted by Gasteiger charge is 2.33. The van der Waals surface area contributed by atoms with Crippen molar-refractivity contribution in [2.75, 3.05) is 0 Å². The van der Waals surface area contributed by atoms with Gasteiger partial charge in [0.2, 0.25) is 0 Å². The number of aromatic hydroxyl groups is 1. The van der Waals surface area contributed by atoms with E-state index in [1.807, 2.05) is 0 Å². The van der Waals surface area contributed by atoms with E-state index >= 15 is 0 Å². The quantitative estimate of drug-likeness (QED) is 0.412. The van der Waals surface area contributed by atoms with E-state index < -0.39 is 12.0 Å². The van der Waals surface area contributed by atoms with Crippen LogP contribution in [0.5, 0.6) is 11.5 Å². The maximum absolute atomic E-state index is 13.0. The minimum atomic E-state index is -0.975. The van der Waals surface area contributed by atoms with Gasteiger partial charge in [0.05, 0.1) is 5.56 Å². The lowest BCUT2D eigenvalue weighted by atomic mass is 9.83. The van der Waals surface area contributed by atoms with Gasteiger partial charge in [-0.2, -0.15) is 0 Å². The van der Waals surface area contributed by atoms with E-state index in [2.05, 4.69) is 0 Å². The van der Waals surface area contributed by atoms with Gasteiger partial charge in [-0.15, -0.1) is 0 Å². The summed E-state index contributed by atoms with van der Waals surface area (Å²) in [6.07, 6.45) is 0.198. The van der Waals surface area contributed by atoms with Crippen LogP contribution in [0.2, 0.25) is 0 Å². The zero-order valence-corrected chi connectivity index (χ0v) is 15.3. The summed E-state index contributed by atoms with van der Waals surface area (Å²) >= 11 is 0. The van der Waals surface area contributed by atoms with Crippen LogP contribution < -0.4 is 10.5 Å². The van der Waals surface area contributed by atoms with Crippen LogP contribution in [0.15, 0.2) is 66.7 Å². The number of ketones is 2. The fourth-order valence-electron chi connectivity index (χ4n) is 3.35. The molecule has 0 heterocycles. The Morgan fingerprint density at radius 2 is 1.48 bits per heavy atom. The number of hydrogen-bond donors (Lipinski definition) is 2. The van der Waals surface area contributed by atoms with Crippen molar-refractivity contribution in [1.82, 2.24) is 0 Å². The van der Waals surface area contributed by atoms with E-state index in [0.717, 1.165) is 5.56 Å². The predicted octanol–water partition coefficient (Wildman–Crippen LogP) is 2.64. The zero-order valence-electron chi connectivity index (χ0n) is 15.3. The molecule has 0 amide bonds. The van der Waals surface area contributed by atoms with Crippen LogP contribution in [-0.4, -0.2) is 28.7 Å². The van der Waals surface area contributed by atoms with Gasteiger partial charge in [-0.3, -0.25) is 9.59 Å². The van der Waals surface area contributed by atoms with E-state index in [9.17, 15) is 19.5 Å². The number of rotatable bonds is 4. The number of fused-ring (bicyclic) bond motifs is 2. The number of hydrogen-bond acceptors (Lipinski definition) is 6. The molecule has 1 aliphatic carbocycles. The van der Waals surface area contributed by atoms with Crippen LogP contribution in [0.3, 0.4) is 0 Å². The summed E-state index contributed by atoms with van der Waals surface area (Å²) in [5.41, 5.74) is 7.59. The third-order valence-corrected chi connectivity index (χ3v) is 4.82. The molecule has 0 unspecified atom stereocenters. The van der Waals surface area contributed by atoms with E-state index in [4.69, 9.17) is 10.5 Å². The fourth-order valence-corrected chi connectivity index (χ4v) is 3.35. The molecule has 6 nitrogen and oxygen atoms in total. The molecule has 3 aromatic carbocycles. The second-order valence-electron chi connectivity index (χ2n) is 6.78. The van der Waals surface area contributed by atoms with Crippen LogP contribution in [0.4, 0.5) is 0 Å². The van der Waals surface area contributed by atoms with E-state index in [-0.39, 0.29) is 46.2 Å². The maximum Gasteiger partial charge on any atom is 0.328 e. The third kappa shape index (κ3) is 3.41. The van der Waals surface area contributed by atoms with Gasteiger partial charge in [0.25, 0.3) is 0 Å². The van der Waals surface area contributed by atoms with Crippen molar-refractivity contribution in [3.05, 3.63) is 94.5 Å². The largest absolute Gasteiger partial charge is 0.508 e. The van der Waals surface area contributed by atoms with Gasteiger partial charge >= 0.3 is 5.97 Å². The smallest absolute Gasteiger partial charge is 0.328 e. The Hall–Kier alpha value is -3.77. The molecule has 0 fully saturated rings. The lowest BCUT2D eigenvalue weighted by molar-refractivity contribution is -0.135. The standard InChI is InChI=1S/C23H17NO5/c24-18(12-13-8-10-14(25)11-9-13)23(28)29-19-7-3-6-17-20(19)22(27)16-5-2-1-4-15(16)21(17)26/h1-11,18,25H,12,24H2/t18-/m0/s1. The molecule has 1 aliphatic rings. The molecule has 0 aromatic heterocycles. The number of phenols is 1. The Bertz CT molecular complexity index is 1130. The van der Waals surface area contributed by atoms with Crippen LogP contribution in [0, 0.1) is 0 Å². The Labute approximate surface area is 166 Å². The summed E-state index contributed by atoms with van der Waals surface area (Å²) < 4.78 is 5.42. The number of phenolic OH excluding ortho intramolecular Hbond substituents is 1. The lowest BCUT2D eigenvalue weighted by Gasteiger charge is -2.20. The number of ether oxygens (including phenoxy) is 1. The van der Waals surface area contributed by atoms with Crippen molar-refractivity contribution in [2.24, 2.45) is 5.73 Å². The average molecular weight is 387 g/mol. The third-order valence-electron chi connectivity index (χ3n) is 4.82. The highest BCUT2D eigenvalue weighted by Crippen LogP contribution is 2.33. The summed E-state index contributed by atoms with van der Waals surface area (Å²) in [5.74, 6) is -1.25. The molecule has 6 heteroatoms. The number of nitrogens with two attached hydrogens (primary N) is 1. The summed E-state index contributed by atoms with van der Waals surface area (Å²) in [5, 5.41) is 9.34. The first-order valence-corrected chi connectivity index (χ1v) is 9.02. The van der Waals surface area contributed by atoms with Gasteiger partial charge in [0, 0.05) is 16.7 Å². The van der Waals surface area contributed by atoms with E-state index in [1.165, 1.54) is 18.2 Å². The molecule has 1 atom stereocenters. The average Bonchev–Trinajstić information content (AvgIpc) is 2.73. The van der Waals surface area contributed by atoms with E-state index in [1.54, 1.807) is 48.5 Å². The Morgan fingerprint density at radius 3 is 2.17 bits per heavy atom. The number of esters is 1. The SMILES string of the molecule is N[C@@H](Cc1ccc(O)cc1)C(=O)Oc1cccc2c1C(=O)c1ccccc1C2=O. The monoisotopic (exact) mass is 387 g/mol. The molecule has 3 N–H and O–H groups in total. The highest BCUT2D eigenvalue weighted by molar-refractivity contribution is 6.29. The van der Waals surface area contributed by atoms with Gasteiger partial charge in [0.1, 0.15) is 17.5 Å². The summed E-state index contributed by atoms with van der Waals surface area (Å²) in [6, 6.07) is 16.5. The first kappa shape index (κ1) is 18.6. The minimum Gasteiger partial charge on any atom is -0.508 e. The second kappa shape index (κ2) is 7.33. The molecular weight excluding hydrogens is 370 g/mol. The first-order chi connectivity index (χ1) is 14.0. The Morgan fingerprint density at radius 1 is 0.862 bits per heavy atom. The van der Waals surface area contributed by atoms with E-state index in [0.29, 0.717) is 5.56 Å². The fraction of sp³-hybridized carbons (Fsp3) is 0.0870. The molecular formula is C23H17NO5. The van der Waals surface area contributed by atoms with Crippen LogP contribution >= 0.6 is 0 Å². The van der Waals surface area contributed by atoms with Gasteiger partial charge in [0.15, 0.2) is 11.6 Å². The van der Waals surface area contributed by atoms with Crippen molar-refractivity contribution < 1.29 is 24.2 Å². The lowest BCUT2D eigenvalue weighted by Crippen LogP contribution is -2.36. The van der Waals surface area contributed by atoms with Gasteiger partial charge < -0.3 is 15.6 Å². The second-order valence-corrected chi connectivity index (χ2v) is 6.78. The van der Waals surface area contributed by atoms with Crippen LogP contribution in [-0.2, 0) is 11.2 Å². The molecule has 0 aliphatic heterocycles. The Balaban J connectivity index is 1.60. The van der Waals surface area contributed by atoms with Crippen molar-refractivity contribution in [3.63, 3.8) is 0 Å². The zero-order chi connectivity index (χ0) is 20.5. The van der Waals surface area contributed by atoms with Crippen molar-refractivity contribution in [1.29, 1.82) is 0 Å². The molecule has 0 saturated heterocycles. The molecule has 0 saturated carbocycles. The highest BCUT2D eigenvalue weighted by atomic mass is 16.5. The number of carbonyl (C=O) groups is 3. The molecule has 0 radical (unpaired) electrons. The molecule has 4 rings (SSSR count). The Kier molecular flexibility index (Phi) is 4.70. The van der Waals surface area contributed by atoms with Crippen LogP contribution in [0.1, 0.15) is 37.4 Å². The maximum atomic E-state index is 13.0. The first-order valence-electron chi connectivity index (χ1n) is 9.02. The summed E-state index contributed by atoms with van der Waals surface area (Å²) in [7, 11) is 0. The van der Waals surface area contributed by atoms with Crippen LogP contribution in [0.25, 0.3) is 0 Å². The van der Waals surface area contributed by atoms with Gasteiger partial charge in [-0.1, -0.05) is 48.5 Å². The van der Waals surface area contributed by atoms with Crippen molar-refractivity contribution in [2.45, 2.75) is 12.5 Å². The van der Waals surface area contributed by atoms with Crippen molar-refractivity contribution >= 4 is 17.5 Å². The molecule has 29 heavy (non-hydrogen) atoms. The molecule has 3 aromatic rings. The van der Waals surface area contributed by atoms with Gasteiger partial charge in [-0.05, 0) is 30.2 Å². The van der Waals surface area contributed by atoms with Gasteiger partial charge in [-0.25, -0.2) is 4.79 Å². The summed E-state index contributed by atoms with van der Waals surface area (Å²) in [4.78, 5) is 38.2. The number of carbonyl (C=O) groups excluding carboxylic acids is 3. The number of benzene rings is 3.